The first kappa shape index (κ1) is 22.7. The molecule has 2 aromatic carbocycles. The van der Waals surface area contributed by atoms with Crippen molar-refractivity contribution in [3.8, 4) is 22.8 Å². The molecule has 1 aliphatic heterocycles. The zero-order valence-corrected chi connectivity index (χ0v) is 20.0. The Labute approximate surface area is 204 Å². The van der Waals surface area contributed by atoms with E-state index >= 15 is 0 Å². The average Bonchev–Trinajstić information content (AvgIpc) is 3.25. The van der Waals surface area contributed by atoms with Crippen LogP contribution in [-0.2, 0) is 6.54 Å². The molecule has 0 aliphatic carbocycles. The molecule has 3 heterocycles. The van der Waals surface area contributed by atoms with Gasteiger partial charge in [0.05, 0.1) is 36.6 Å². The fourth-order valence-electron chi connectivity index (χ4n) is 4.46. The second-order valence-corrected chi connectivity index (χ2v) is 8.46. The third-order valence-corrected chi connectivity index (χ3v) is 6.17. The maximum absolute atomic E-state index is 6.38. The van der Waals surface area contributed by atoms with E-state index in [1.807, 2.05) is 42.0 Å². The number of hydrogen-bond acceptors (Lipinski definition) is 7. The van der Waals surface area contributed by atoms with Gasteiger partial charge in [-0.1, -0.05) is 12.1 Å². The highest BCUT2D eigenvalue weighted by atomic mass is 16.5. The lowest BCUT2D eigenvalue weighted by atomic mass is 10.1. The van der Waals surface area contributed by atoms with Crippen LogP contribution in [0.15, 0.2) is 48.8 Å². The van der Waals surface area contributed by atoms with Gasteiger partial charge in [0, 0.05) is 36.3 Å². The number of nitrogens with two attached hydrogens (primary N) is 1. The summed E-state index contributed by atoms with van der Waals surface area (Å²) in [6.45, 7) is 7.28. The molecule has 0 radical (unpaired) electrons. The predicted molar refractivity (Wildman–Crippen MR) is 140 cm³/mol. The molecule has 0 amide bonds. The molecule has 35 heavy (non-hydrogen) atoms. The lowest BCUT2D eigenvalue weighted by Crippen LogP contribution is -2.15. The highest BCUT2D eigenvalue weighted by Crippen LogP contribution is 2.38. The fourth-order valence-corrected chi connectivity index (χ4v) is 4.46. The van der Waals surface area contributed by atoms with Gasteiger partial charge in [-0.3, -0.25) is 0 Å². The summed E-state index contributed by atoms with van der Waals surface area (Å²) < 4.78 is 15.6. The van der Waals surface area contributed by atoms with Crippen molar-refractivity contribution in [1.29, 1.82) is 0 Å². The highest BCUT2D eigenvalue weighted by Gasteiger charge is 2.20. The number of anilines is 3. The number of methoxy groups -OCH3 is 1. The minimum atomic E-state index is 0.455. The van der Waals surface area contributed by atoms with Gasteiger partial charge < -0.3 is 30.4 Å². The van der Waals surface area contributed by atoms with Crippen LogP contribution in [-0.4, -0.2) is 59.7 Å². The topological polar surface area (TPSA) is 102 Å². The quantitative estimate of drug-likeness (QED) is 0.147. The summed E-state index contributed by atoms with van der Waals surface area (Å²) in [6.07, 6.45) is 4.83. The Hall–Kier alpha value is -4.11. The molecule has 0 fully saturated rings. The number of rotatable bonds is 9. The molecule has 0 unspecified atom stereocenters. The maximum Gasteiger partial charge on any atom is 0.231 e. The number of para-hydroxylation sites is 1. The van der Waals surface area contributed by atoms with Crippen LogP contribution in [0.2, 0.25) is 0 Å². The third kappa shape index (κ3) is 4.38. The van der Waals surface area contributed by atoms with Crippen molar-refractivity contribution in [1.82, 2.24) is 19.9 Å². The van der Waals surface area contributed by atoms with Crippen molar-refractivity contribution in [3.63, 3.8) is 0 Å². The molecule has 5 rings (SSSR count). The summed E-state index contributed by atoms with van der Waals surface area (Å²) in [5, 5.41) is 7.52. The zero-order chi connectivity index (χ0) is 24.4. The first-order valence-corrected chi connectivity index (χ1v) is 11.6. The summed E-state index contributed by atoms with van der Waals surface area (Å²) in [6, 6.07) is 11.7. The largest absolute Gasteiger partial charge is 0.494 e. The van der Waals surface area contributed by atoms with E-state index in [1.54, 1.807) is 13.3 Å². The van der Waals surface area contributed by atoms with E-state index in [0.29, 0.717) is 29.7 Å². The van der Waals surface area contributed by atoms with Crippen LogP contribution in [0.4, 0.5) is 23.0 Å². The van der Waals surface area contributed by atoms with Gasteiger partial charge >= 0.3 is 0 Å². The standard InChI is InChI=1S/C26H30N7O2/c1-28-9-5-11-32(2)22-15-24(34-3)21(14-19(22)27)31-26-29-10-8-20(30-26)18-16-33-12-13-35-23-7-4-6-17(18)25(23)33/h4,6-8,10,14-16,28H,2,5,9,11-13,27H2,1,3H3,(H,29,30,31)/q+1. The van der Waals surface area contributed by atoms with E-state index in [9.17, 15) is 0 Å². The van der Waals surface area contributed by atoms with Gasteiger partial charge in [-0.15, -0.1) is 0 Å². The Morgan fingerprint density at radius 2 is 2.17 bits per heavy atom. The van der Waals surface area contributed by atoms with E-state index in [1.165, 1.54) is 0 Å². The normalized spacial score (nSPS) is 12.4. The van der Waals surface area contributed by atoms with Crippen molar-refractivity contribution >= 4 is 40.6 Å². The predicted octanol–water partition coefficient (Wildman–Crippen LogP) is 3.78. The lowest BCUT2D eigenvalue weighted by Gasteiger charge is -2.16. The number of hydrogen-bond donors (Lipinski definition) is 3. The van der Waals surface area contributed by atoms with E-state index in [2.05, 4.69) is 39.2 Å². The molecule has 4 N–H and O–H groups in total. The Bertz CT molecular complexity index is 1400. The number of nitrogen functional groups attached to an aromatic ring is 1. The molecular weight excluding hydrogens is 442 g/mol. The molecule has 0 saturated carbocycles. The van der Waals surface area contributed by atoms with Gasteiger partial charge in [0.1, 0.15) is 37.1 Å². The first-order chi connectivity index (χ1) is 17.1. The summed E-state index contributed by atoms with van der Waals surface area (Å²) in [5.41, 5.74) is 11.4. The second-order valence-electron chi connectivity index (χ2n) is 8.46. The van der Waals surface area contributed by atoms with Crippen molar-refractivity contribution in [2.45, 2.75) is 13.0 Å². The number of nitrogens with zero attached hydrogens (tertiary/aromatic N) is 4. The molecule has 2 aromatic heterocycles. The molecule has 0 saturated heterocycles. The van der Waals surface area contributed by atoms with Crippen LogP contribution >= 0.6 is 0 Å². The van der Waals surface area contributed by atoms with Gasteiger partial charge in [0.25, 0.3) is 0 Å². The van der Waals surface area contributed by atoms with Crippen molar-refractivity contribution < 1.29 is 14.0 Å². The summed E-state index contributed by atoms with van der Waals surface area (Å²) in [4.78, 5) is 9.23. The van der Waals surface area contributed by atoms with Gasteiger partial charge in [-0.05, 0) is 25.2 Å². The Kier molecular flexibility index (Phi) is 6.24. The monoisotopic (exact) mass is 472 g/mol. The molecule has 0 bridgehead atoms. The fraction of sp³-hybridized carbons (Fsp3) is 0.269. The molecule has 0 atom stereocenters. The summed E-state index contributed by atoms with van der Waals surface area (Å²) in [7, 11) is 3.56. The molecular formula is C26H30N7O2+. The Morgan fingerprint density at radius 3 is 3.00 bits per heavy atom. The van der Waals surface area contributed by atoms with E-state index in [0.717, 1.165) is 59.7 Å². The van der Waals surface area contributed by atoms with Gasteiger partial charge in [-0.2, -0.15) is 0 Å². The van der Waals surface area contributed by atoms with Crippen molar-refractivity contribution in [2.75, 3.05) is 44.9 Å². The maximum atomic E-state index is 6.38. The Balaban J connectivity index is 1.45. The van der Waals surface area contributed by atoms with Gasteiger partial charge in [0.15, 0.2) is 0 Å². The minimum absolute atomic E-state index is 0.455. The van der Waals surface area contributed by atoms with Crippen LogP contribution in [0, 0.1) is 0 Å². The van der Waals surface area contributed by atoms with E-state index in [4.69, 9.17) is 20.2 Å². The van der Waals surface area contributed by atoms with Crippen LogP contribution in [0.3, 0.4) is 0 Å². The second kappa shape index (κ2) is 9.63. The molecule has 9 heteroatoms. The van der Waals surface area contributed by atoms with E-state index < -0.39 is 0 Å². The average molecular weight is 473 g/mol. The zero-order valence-electron chi connectivity index (χ0n) is 20.0. The first-order valence-electron chi connectivity index (χ1n) is 11.6. The van der Waals surface area contributed by atoms with Gasteiger partial charge in [0.2, 0.25) is 11.6 Å². The van der Waals surface area contributed by atoms with Crippen molar-refractivity contribution in [3.05, 3.63) is 48.8 Å². The SMILES string of the molecule is C=[N+](CCCNC)c1cc(OC)c(Nc2nccc(-c3cn4c5c(cccc35)OCC4)n2)cc1N. The number of ether oxygens (including phenoxy) is 2. The van der Waals surface area contributed by atoms with Crippen LogP contribution in [0.1, 0.15) is 6.42 Å². The minimum Gasteiger partial charge on any atom is -0.494 e. The molecule has 0 spiro atoms. The molecule has 1 aliphatic rings. The van der Waals surface area contributed by atoms with E-state index in [-0.39, 0.29) is 0 Å². The summed E-state index contributed by atoms with van der Waals surface area (Å²) >= 11 is 0. The van der Waals surface area contributed by atoms with Crippen LogP contribution in [0.5, 0.6) is 11.5 Å². The number of benzene rings is 2. The number of nitrogens with one attached hydrogen (secondary N) is 2. The molecule has 180 valence electrons. The van der Waals surface area contributed by atoms with Gasteiger partial charge in [-0.25, -0.2) is 14.5 Å². The third-order valence-electron chi connectivity index (χ3n) is 6.17. The Morgan fingerprint density at radius 1 is 1.29 bits per heavy atom. The van der Waals surface area contributed by atoms with Crippen LogP contribution < -0.4 is 25.8 Å². The van der Waals surface area contributed by atoms with Crippen molar-refractivity contribution in [2.24, 2.45) is 0 Å². The van der Waals surface area contributed by atoms with Crippen LogP contribution in [0.25, 0.3) is 22.2 Å². The highest BCUT2D eigenvalue weighted by molar-refractivity contribution is 5.98. The number of aromatic nitrogens is 3. The molecule has 9 nitrogen and oxygen atoms in total. The summed E-state index contributed by atoms with van der Waals surface area (Å²) in [5.74, 6) is 1.99. The smallest absolute Gasteiger partial charge is 0.231 e. The molecule has 4 aromatic rings. The lowest BCUT2D eigenvalue weighted by molar-refractivity contribution is -0.430.